The summed E-state index contributed by atoms with van der Waals surface area (Å²) >= 11 is 0. The van der Waals surface area contributed by atoms with Gasteiger partial charge in [0.25, 0.3) is 0 Å². The highest BCUT2D eigenvalue weighted by atomic mass is 16.1. The second-order valence-corrected chi connectivity index (χ2v) is 1.33. The van der Waals surface area contributed by atoms with Crippen LogP contribution >= 0.6 is 0 Å². The molecule has 1 aromatic heterocycles. The lowest BCUT2D eigenvalue weighted by molar-refractivity contribution is 0.823. The molecule has 1 rings (SSSR count). The molecular weight excluding hydrogens is 138 g/mol. The van der Waals surface area contributed by atoms with Crippen molar-refractivity contribution >= 4 is 5.82 Å². The molecule has 0 fully saturated rings. The topological polar surface area (TPSA) is 135 Å². The minimum Gasteiger partial charge on any atom is -0.412 e. The molecule has 1 heterocycles. The average Bonchev–Trinajstić information content (AvgIpc) is 1.64. The number of nitrogens with zero attached hydrogens (tertiary/aromatic N) is 1. The molecule has 0 aliphatic heterocycles. The van der Waals surface area contributed by atoms with Crippen molar-refractivity contribution in [2.75, 3.05) is 5.73 Å². The first-order valence-corrected chi connectivity index (χ1v) is 2.10. The van der Waals surface area contributed by atoms with Gasteiger partial charge < -0.3 is 16.7 Å². The van der Waals surface area contributed by atoms with Gasteiger partial charge in [0.05, 0.1) is 0 Å². The molecule has 0 spiro atoms. The molecule has 0 aromatic carbocycles. The lowest BCUT2D eigenvalue weighted by atomic mass is 10.6. The third-order valence-electron chi connectivity index (χ3n) is 0.697. The van der Waals surface area contributed by atoms with Crippen molar-refractivity contribution in [3.63, 3.8) is 0 Å². The number of nitrogen functional groups attached to an aromatic ring is 1. The fourth-order valence-corrected chi connectivity index (χ4v) is 0.383. The summed E-state index contributed by atoms with van der Waals surface area (Å²) in [5.74, 6) is 0.338. The number of aromatic amines is 1. The zero-order valence-corrected chi connectivity index (χ0v) is 5.09. The highest BCUT2D eigenvalue weighted by molar-refractivity contribution is 5.22. The zero-order chi connectivity index (χ0) is 5.98. The molecule has 0 aliphatic rings. The largest absolute Gasteiger partial charge is 0.412 e. The maximum absolute atomic E-state index is 10.2. The Balaban J connectivity index is 0. The molecule has 10 heavy (non-hydrogen) atoms. The Morgan fingerprint density at radius 3 is 2.40 bits per heavy atom. The molecule has 1 aromatic rings. The molecule has 7 N–H and O–H groups in total. The molecule has 0 saturated carbocycles. The van der Waals surface area contributed by atoms with E-state index in [1.165, 1.54) is 12.3 Å². The second kappa shape index (κ2) is 4.48. The highest BCUT2D eigenvalue weighted by Crippen LogP contribution is 1.82. The van der Waals surface area contributed by atoms with E-state index in [-0.39, 0.29) is 11.0 Å². The minimum atomic E-state index is -0.412. The van der Waals surface area contributed by atoms with Gasteiger partial charge in [-0.15, -0.1) is 0 Å². The van der Waals surface area contributed by atoms with Gasteiger partial charge in [-0.1, -0.05) is 0 Å². The first-order valence-electron chi connectivity index (χ1n) is 2.10. The van der Waals surface area contributed by atoms with Crippen LogP contribution in [0.15, 0.2) is 17.1 Å². The van der Waals surface area contributed by atoms with Gasteiger partial charge in [-0.25, -0.2) is 9.78 Å². The van der Waals surface area contributed by atoms with E-state index in [1.54, 1.807) is 0 Å². The van der Waals surface area contributed by atoms with Crippen LogP contribution in [0.4, 0.5) is 5.82 Å². The first-order chi connectivity index (χ1) is 3.79. The van der Waals surface area contributed by atoms with Crippen molar-refractivity contribution in [3.8, 4) is 0 Å². The van der Waals surface area contributed by atoms with E-state index >= 15 is 0 Å². The Kier molecular flexibility index (Phi) is 5.10. The molecule has 6 nitrogen and oxygen atoms in total. The summed E-state index contributed by atoms with van der Waals surface area (Å²) < 4.78 is 0. The van der Waals surface area contributed by atoms with Crippen LogP contribution < -0.4 is 11.4 Å². The Bertz CT molecular complexity index is 233. The van der Waals surface area contributed by atoms with Crippen LogP contribution in [-0.4, -0.2) is 20.9 Å². The summed E-state index contributed by atoms with van der Waals surface area (Å²) in [5, 5.41) is 0. The molecule has 0 aliphatic carbocycles. The van der Waals surface area contributed by atoms with Crippen LogP contribution in [-0.2, 0) is 0 Å². The summed E-state index contributed by atoms with van der Waals surface area (Å²) in [6.07, 6.45) is 1.36. The summed E-state index contributed by atoms with van der Waals surface area (Å²) in [7, 11) is 0. The molecule has 0 radical (unpaired) electrons. The quantitative estimate of drug-likeness (QED) is 0.427. The van der Waals surface area contributed by atoms with E-state index in [0.29, 0.717) is 5.82 Å². The summed E-state index contributed by atoms with van der Waals surface area (Å²) in [5.41, 5.74) is 4.75. The third-order valence-corrected chi connectivity index (χ3v) is 0.697. The van der Waals surface area contributed by atoms with Crippen LogP contribution in [0.25, 0.3) is 0 Å². The molecule has 6 heteroatoms. The molecule has 0 unspecified atom stereocenters. The van der Waals surface area contributed by atoms with Gasteiger partial charge in [0.2, 0.25) is 0 Å². The van der Waals surface area contributed by atoms with Gasteiger partial charge in [-0.2, -0.15) is 0 Å². The molecule has 0 bridgehead atoms. The lowest BCUT2D eigenvalue weighted by Gasteiger charge is -1.84. The van der Waals surface area contributed by atoms with Crippen molar-refractivity contribution < 1.29 is 11.0 Å². The van der Waals surface area contributed by atoms with Gasteiger partial charge in [0.15, 0.2) is 0 Å². The second-order valence-electron chi connectivity index (χ2n) is 1.33. The van der Waals surface area contributed by atoms with Gasteiger partial charge in [0, 0.05) is 6.20 Å². The maximum Gasteiger partial charge on any atom is 0.346 e. The molecule has 58 valence electrons. The van der Waals surface area contributed by atoms with E-state index < -0.39 is 5.69 Å². The fourth-order valence-electron chi connectivity index (χ4n) is 0.383. The van der Waals surface area contributed by atoms with Crippen LogP contribution in [0.1, 0.15) is 0 Å². The van der Waals surface area contributed by atoms with E-state index in [2.05, 4.69) is 9.97 Å². The van der Waals surface area contributed by atoms with Gasteiger partial charge in [0.1, 0.15) is 5.82 Å². The van der Waals surface area contributed by atoms with Gasteiger partial charge in [-0.05, 0) is 6.07 Å². The van der Waals surface area contributed by atoms with Crippen molar-refractivity contribution in [3.05, 3.63) is 22.7 Å². The number of anilines is 1. The predicted molar refractivity (Wildman–Crippen MR) is 36.5 cm³/mol. The Morgan fingerprint density at radius 1 is 1.50 bits per heavy atom. The minimum absolute atomic E-state index is 0. The number of hydrogen-bond acceptors (Lipinski definition) is 3. The maximum atomic E-state index is 10.2. The molecule has 0 atom stereocenters. The van der Waals surface area contributed by atoms with E-state index in [9.17, 15) is 4.79 Å². The van der Waals surface area contributed by atoms with E-state index in [4.69, 9.17) is 5.73 Å². The van der Waals surface area contributed by atoms with Crippen molar-refractivity contribution in [2.24, 2.45) is 0 Å². The Hall–Kier alpha value is -1.40. The smallest absolute Gasteiger partial charge is 0.346 e. The molecule has 0 saturated heterocycles. The Morgan fingerprint density at radius 2 is 2.10 bits per heavy atom. The molecule has 0 amide bonds. The number of H-pyrrole nitrogens is 1. The van der Waals surface area contributed by atoms with Crippen molar-refractivity contribution in [1.29, 1.82) is 0 Å². The lowest BCUT2D eigenvalue weighted by Crippen LogP contribution is -2.10. The first kappa shape index (κ1) is 11.4. The SMILES string of the molecule is Nc1ccnc(=O)[nH]1.O.O. The number of hydrogen-bond donors (Lipinski definition) is 2. The Labute approximate surface area is 56.3 Å². The van der Waals surface area contributed by atoms with E-state index in [1.807, 2.05) is 0 Å². The fraction of sp³-hybridized carbons (Fsp3) is 0. The van der Waals surface area contributed by atoms with Gasteiger partial charge >= 0.3 is 5.69 Å². The van der Waals surface area contributed by atoms with Crippen molar-refractivity contribution in [1.82, 2.24) is 9.97 Å². The highest BCUT2D eigenvalue weighted by Gasteiger charge is 1.80. The standard InChI is InChI=1S/C4H5N3O.2H2O/c5-3-1-2-6-4(8)7-3;;/h1-2H,(H3,5,6,7,8);2*1H2. The summed E-state index contributed by atoms with van der Waals surface area (Å²) in [6, 6.07) is 1.52. The van der Waals surface area contributed by atoms with Crippen molar-refractivity contribution in [2.45, 2.75) is 0 Å². The summed E-state index contributed by atoms with van der Waals surface area (Å²) in [6.45, 7) is 0. The summed E-state index contributed by atoms with van der Waals surface area (Å²) in [4.78, 5) is 15.9. The monoisotopic (exact) mass is 147 g/mol. The number of aromatic nitrogens is 2. The average molecular weight is 147 g/mol. The van der Waals surface area contributed by atoms with Crippen LogP contribution in [0.2, 0.25) is 0 Å². The zero-order valence-electron chi connectivity index (χ0n) is 5.09. The van der Waals surface area contributed by atoms with Crippen LogP contribution in [0.3, 0.4) is 0 Å². The van der Waals surface area contributed by atoms with Gasteiger partial charge in [-0.3, -0.25) is 4.98 Å². The van der Waals surface area contributed by atoms with Crippen LogP contribution in [0.5, 0.6) is 0 Å². The number of rotatable bonds is 0. The number of nitrogens with one attached hydrogen (secondary N) is 1. The number of nitrogens with two attached hydrogens (primary N) is 1. The normalized spacial score (nSPS) is 7.20. The molecular formula is C4H9N3O3. The predicted octanol–water partition coefficient (Wildman–Crippen LogP) is -2.30. The van der Waals surface area contributed by atoms with E-state index in [0.717, 1.165) is 0 Å². The third kappa shape index (κ3) is 2.80. The van der Waals surface area contributed by atoms with Crippen LogP contribution in [0, 0.1) is 0 Å².